The zero-order valence-corrected chi connectivity index (χ0v) is 22.7. The van der Waals surface area contributed by atoms with Gasteiger partial charge >= 0.3 is 0 Å². The van der Waals surface area contributed by atoms with E-state index in [1.807, 2.05) is 0 Å². The van der Waals surface area contributed by atoms with Crippen LogP contribution in [-0.2, 0) is 0 Å². The van der Waals surface area contributed by atoms with Gasteiger partial charge in [-0.1, -0.05) is 77.2 Å². The van der Waals surface area contributed by atoms with Crippen LogP contribution in [0.1, 0.15) is 84.0 Å². The van der Waals surface area contributed by atoms with Gasteiger partial charge in [-0.15, -0.1) is 0 Å². The van der Waals surface area contributed by atoms with Gasteiger partial charge in [0.05, 0.1) is 0 Å². The molecule has 0 aliphatic carbocycles. The number of allylic oxidation sites excluding steroid dienone is 1. The Morgan fingerprint density at radius 1 is 0.471 bits per heavy atom. The van der Waals surface area contributed by atoms with Gasteiger partial charge in [0, 0.05) is 78.5 Å². The van der Waals surface area contributed by atoms with E-state index in [-0.39, 0.29) is 0 Å². The first-order valence-electron chi connectivity index (χ1n) is 14.5. The maximum absolute atomic E-state index is 5.43. The Kier molecular flexibility index (Phi) is 31.6. The van der Waals surface area contributed by atoms with Gasteiger partial charge in [0.25, 0.3) is 0 Å². The summed E-state index contributed by atoms with van der Waals surface area (Å²) in [6, 6.07) is 0. The minimum atomic E-state index is 0.706. The molecule has 0 rings (SSSR count). The summed E-state index contributed by atoms with van der Waals surface area (Å²) in [4.78, 5) is 0. The number of hydrogen-bond donors (Lipinski definition) is 7. The molecule has 0 aliphatic heterocycles. The topological polar surface area (TPSA) is 98.2 Å². The molecule has 0 heterocycles. The lowest BCUT2D eigenvalue weighted by atomic mass is 10.1. The predicted octanol–water partition coefficient (Wildman–Crippen LogP) is 2.70. The summed E-state index contributed by atoms with van der Waals surface area (Å²) in [5.74, 6) is 0. The van der Waals surface area contributed by atoms with Crippen molar-refractivity contribution in [3.05, 3.63) is 12.3 Å². The zero-order valence-electron chi connectivity index (χ0n) is 22.7. The summed E-state index contributed by atoms with van der Waals surface area (Å²) in [5, 5.41) is 20.4. The minimum absolute atomic E-state index is 0.706. The van der Waals surface area contributed by atoms with Crippen molar-refractivity contribution >= 4 is 0 Å². The summed E-state index contributed by atoms with van der Waals surface area (Å²) >= 11 is 0. The molecule has 8 N–H and O–H groups in total. The normalized spacial score (nSPS) is 11.6. The molecule has 7 nitrogen and oxygen atoms in total. The van der Waals surface area contributed by atoms with E-state index in [1.165, 1.54) is 77.0 Å². The van der Waals surface area contributed by atoms with Gasteiger partial charge in [0.1, 0.15) is 0 Å². The van der Waals surface area contributed by atoms with Gasteiger partial charge in [-0.2, -0.15) is 0 Å². The summed E-state index contributed by atoms with van der Waals surface area (Å²) in [6.45, 7) is 13.9. The molecule has 0 spiro atoms. The molecule has 0 radical (unpaired) electrons. The largest absolute Gasteiger partial charge is 0.390 e. The molecule has 34 heavy (non-hydrogen) atoms. The predicted molar refractivity (Wildman–Crippen MR) is 152 cm³/mol. The van der Waals surface area contributed by atoms with Crippen molar-refractivity contribution in [3.8, 4) is 0 Å². The number of nitrogens with one attached hydrogen (secondary N) is 6. The first-order valence-corrected chi connectivity index (χ1v) is 14.5. The summed E-state index contributed by atoms with van der Waals surface area (Å²) in [6.07, 6.45) is 21.2. The van der Waals surface area contributed by atoms with Gasteiger partial charge in [-0.05, 0) is 19.0 Å². The van der Waals surface area contributed by atoms with Crippen molar-refractivity contribution in [2.45, 2.75) is 84.0 Å². The minimum Gasteiger partial charge on any atom is -0.390 e. The number of hydrogen-bond acceptors (Lipinski definition) is 7. The smallest absolute Gasteiger partial charge is 0.0266 e. The lowest BCUT2D eigenvalue weighted by molar-refractivity contribution is 0.550. The molecule has 0 unspecified atom stereocenters. The summed E-state index contributed by atoms with van der Waals surface area (Å²) in [7, 11) is 0. The van der Waals surface area contributed by atoms with Crippen LogP contribution in [0.3, 0.4) is 0 Å². The fraction of sp³-hybridized carbons (Fsp3) is 0.926. The van der Waals surface area contributed by atoms with Crippen molar-refractivity contribution in [1.82, 2.24) is 31.9 Å². The summed E-state index contributed by atoms with van der Waals surface area (Å²) in [5.41, 5.74) is 5.43. The first kappa shape index (κ1) is 33.3. The molecule has 0 aromatic rings. The Morgan fingerprint density at radius 3 is 1.29 bits per heavy atom. The van der Waals surface area contributed by atoms with Crippen LogP contribution < -0.4 is 37.6 Å². The molecule has 204 valence electrons. The molecular weight excluding hydrogens is 422 g/mol. The third kappa shape index (κ3) is 31.3. The highest BCUT2D eigenvalue weighted by molar-refractivity contribution is 4.79. The average Bonchev–Trinajstić information content (AvgIpc) is 2.85. The lowest BCUT2D eigenvalue weighted by Gasteiger charge is -2.09. The quantitative estimate of drug-likeness (QED) is 0.0789. The molecule has 7 heteroatoms. The van der Waals surface area contributed by atoms with Crippen LogP contribution in [0.4, 0.5) is 0 Å². The molecule has 0 aliphatic rings. The number of rotatable bonds is 30. The molecule has 0 aromatic heterocycles. The van der Waals surface area contributed by atoms with Crippen LogP contribution in [0, 0.1) is 0 Å². The Labute approximate surface area is 212 Å². The van der Waals surface area contributed by atoms with Crippen LogP contribution in [0.2, 0.25) is 0 Å². The van der Waals surface area contributed by atoms with Gasteiger partial charge in [-0.3, -0.25) is 0 Å². The van der Waals surface area contributed by atoms with Crippen LogP contribution in [0.25, 0.3) is 0 Å². The third-order valence-corrected chi connectivity index (χ3v) is 5.89. The van der Waals surface area contributed by atoms with E-state index in [1.54, 1.807) is 0 Å². The molecule has 0 fully saturated rings. The van der Waals surface area contributed by atoms with E-state index >= 15 is 0 Å². The van der Waals surface area contributed by atoms with Crippen molar-refractivity contribution in [2.24, 2.45) is 5.73 Å². The summed E-state index contributed by atoms with van der Waals surface area (Å²) < 4.78 is 0. The van der Waals surface area contributed by atoms with Crippen LogP contribution in [0.15, 0.2) is 12.3 Å². The second-order valence-corrected chi connectivity index (χ2v) is 9.22. The Bertz CT molecular complexity index is 380. The molecule has 0 saturated heterocycles. The fourth-order valence-corrected chi connectivity index (χ4v) is 3.77. The van der Waals surface area contributed by atoms with E-state index in [0.29, 0.717) is 6.54 Å². The highest BCUT2D eigenvalue weighted by Gasteiger charge is 1.93. The van der Waals surface area contributed by atoms with Crippen molar-refractivity contribution in [3.63, 3.8) is 0 Å². The Balaban J connectivity index is 3.06. The SMILES string of the molecule is CCCCCCCCCCCCCC=CNCCNCCNCCNCCNCCNCCN. The van der Waals surface area contributed by atoms with E-state index < -0.39 is 0 Å². The maximum Gasteiger partial charge on any atom is 0.0266 e. The monoisotopic (exact) mass is 483 g/mol. The second-order valence-electron chi connectivity index (χ2n) is 9.22. The first-order chi connectivity index (χ1) is 16.9. The Morgan fingerprint density at radius 2 is 0.853 bits per heavy atom. The van der Waals surface area contributed by atoms with Crippen LogP contribution in [0.5, 0.6) is 0 Å². The average molecular weight is 484 g/mol. The highest BCUT2D eigenvalue weighted by Crippen LogP contribution is 2.11. The van der Waals surface area contributed by atoms with Gasteiger partial charge in [0.2, 0.25) is 0 Å². The fourth-order valence-electron chi connectivity index (χ4n) is 3.77. The number of unbranched alkanes of at least 4 members (excludes halogenated alkanes) is 11. The van der Waals surface area contributed by atoms with Gasteiger partial charge < -0.3 is 37.6 Å². The highest BCUT2D eigenvalue weighted by atomic mass is 15.0. The van der Waals surface area contributed by atoms with Crippen molar-refractivity contribution in [2.75, 3.05) is 78.5 Å². The molecule has 0 saturated carbocycles. The molecule has 0 bridgehead atoms. The molecule has 0 amide bonds. The Hall–Kier alpha value is -0.700. The van der Waals surface area contributed by atoms with Crippen molar-refractivity contribution in [1.29, 1.82) is 0 Å². The zero-order chi connectivity index (χ0) is 24.6. The number of nitrogens with two attached hydrogens (primary N) is 1. The molecule has 0 atom stereocenters. The van der Waals surface area contributed by atoms with E-state index in [9.17, 15) is 0 Å². The molecule has 0 aromatic carbocycles. The van der Waals surface area contributed by atoms with E-state index in [2.05, 4.69) is 51.1 Å². The van der Waals surface area contributed by atoms with Crippen LogP contribution in [-0.4, -0.2) is 78.5 Å². The second kappa shape index (κ2) is 32.3. The van der Waals surface area contributed by atoms with Crippen LogP contribution >= 0.6 is 0 Å². The van der Waals surface area contributed by atoms with Gasteiger partial charge in [0.15, 0.2) is 0 Å². The van der Waals surface area contributed by atoms with Crippen molar-refractivity contribution < 1.29 is 0 Å². The lowest BCUT2D eigenvalue weighted by Crippen LogP contribution is -2.37. The van der Waals surface area contributed by atoms with E-state index in [4.69, 9.17) is 5.73 Å². The molecular formula is C27H61N7. The van der Waals surface area contributed by atoms with Gasteiger partial charge in [-0.25, -0.2) is 0 Å². The third-order valence-electron chi connectivity index (χ3n) is 5.89. The standard InChI is InChI=1S/C27H61N7/c1-2-3-4-5-6-7-8-9-10-11-12-13-14-16-29-18-20-31-22-24-33-26-27-34-25-23-32-21-19-30-17-15-28/h14,16,29-34H,2-13,15,17-28H2,1H3. The van der Waals surface area contributed by atoms with E-state index in [0.717, 1.165) is 72.0 Å². The maximum atomic E-state index is 5.43.